The molecule has 0 radical (unpaired) electrons. The first-order chi connectivity index (χ1) is 10.0. The molecule has 2 rings (SSSR count). The Hall–Kier alpha value is -1.95. The molecule has 1 heterocycles. The van der Waals surface area contributed by atoms with Gasteiger partial charge in [0, 0.05) is 28.2 Å². The van der Waals surface area contributed by atoms with Gasteiger partial charge in [-0.1, -0.05) is 23.5 Å². The summed E-state index contributed by atoms with van der Waals surface area (Å²) < 4.78 is 5.36. The average Bonchev–Trinajstić information content (AvgIpc) is 2.88. The van der Waals surface area contributed by atoms with Crippen molar-refractivity contribution in [2.45, 2.75) is 6.54 Å². The maximum atomic E-state index is 5.36. The van der Waals surface area contributed by atoms with Crippen molar-refractivity contribution in [3.63, 3.8) is 0 Å². The molecule has 0 unspecified atom stereocenters. The highest BCUT2D eigenvalue weighted by Gasteiger charge is 2.13. The number of nitrogens with zero attached hydrogens (tertiary/aromatic N) is 3. The van der Waals surface area contributed by atoms with Gasteiger partial charge in [0.2, 0.25) is 5.88 Å². The van der Waals surface area contributed by atoms with Crippen molar-refractivity contribution in [3.05, 3.63) is 29.1 Å². The van der Waals surface area contributed by atoms with Crippen LogP contribution in [0.25, 0.3) is 0 Å². The first kappa shape index (κ1) is 15.4. The minimum atomic E-state index is 0.693. The summed E-state index contributed by atoms with van der Waals surface area (Å²) in [6, 6.07) is 8.25. The Labute approximate surface area is 130 Å². The van der Waals surface area contributed by atoms with Crippen LogP contribution in [0.15, 0.2) is 24.3 Å². The van der Waals surface area contributed by atoms with Crippen molar-refractivity contribution < 1.29 is 4.74 Å². The number of thiazole rings is 1. The Kier molecular flexibility index (Phi) is 4.90. The zero-order valence-corrected chi connectivity index (χ0v) is 14.0. The first-order valence-corrected chi connectivity index (χ1v) is 7.55. The van der Waals surface area contributed by atoms with Crippen LogP contribution in [0.5, 0.6) is 5.88 Å². The number of rotatable bonds is 6. The molecular formula is C15H22N4OS. The summed E-state index contributed by atoms with van der Waals surface area (Å²) in [5.74, 6) is 0.693. The predicted molar refractivity (Wildman–Crippen MR) is 91.1 cm³/mol. The molecule has 6 heteroatoms. The third-order valence-corrected chi connectivity index (χ3v) is 4.26. The number of benzene rings is 1. The van der Waals surface area contributed by atoms with Gasteiger partial charge in [0.05, 0.1) is 29.9 Å². The fourth-order valence-electron chi connectivity index (χ4n) is 1.98. The number of para-hydroxylation sites is 2. The van der Waals surface area contributed by atoms with Gasteiger partial charge in [-0.2, -0.15) is 4.98 Å². The van der Waals surface area contributed by atoms with Gasteiger partial charge in [-0.05, 0) is 12.1 Å². The van der Waals surface area contributed by atoms with Gasteiger partial charge in [0.15, 0.2) is 5.13 Å². The van der Waals surface area contributed by atoms with E-state index in [0.717, 1.165) is 21.4 Å². The van der Waals surface area contributed by atoms with E-state index in [4.69, 9.17) is 4.74 Å². The Balaban J connectivity index is 2.17. The molecule has 0 aliphatic carbocycles. The Morgan fingerprint density at radius 3 is 2.48 bits per heavy atom. The minimum Gasteiger partial charge on any atom is -0.480 e. The van der Waals surface area contributed by atoms with Crippen molar-refractivity contribution >= 4 is 27.8 Å². The van der Waals surface area contributed by atoms with Gasteiger partial charge >= 0.3 is 0 Å². The number of anilines is 3. The molecule has 5 nitrogen and oxygen atoms in total. The summed E-state index contributed by atoms with van der Waals surface area (Å²) in [6.07, 6.45) is 0. The van der Waals surface area contributed by atoms with Crippen molar-refractivity contribution in [1.82, 2.24) is 4.98 Å². The first-order valence-electron chi connectivity index (χ1n) is 6.74. The quantitative estimate of drug-likeness (QED) is 0.888. The van der Waals surface area contributed by atoms with Crippen LogP contribution in [0, 0.1) is 0 Å². The molecule has 0 aliphatic rings. The van der Waals surface area contributed by atoms with Crippen molar-refractivity contribution in [2.75, 3.05) is 50.4 Å². The van der Waals surface area contributed by atoms with Crippen LogP contribution < -0.4 is 19.9 Å². The van der Waals surface area contributed by atoms with E-state index in [2.05, 4.69) is 27.3 Å². The summed E-state index contributed by atoms with van der Waals surface area (Å²) in [5.41, 5.74) is 2.26. The molecule has 0 fully saturated rings. The van der Waals surface area contributed by atoms with Crippen molar-refractivity contribution in [2.24, 2.45) is 0 Å². The molecule has 0 atom stereocenters. The number of nitrogens with one attached hydrogen (secondary N) is 1. The summed E-state index contributed by atoms with van der Waals surface area (Å²) in [6.45, 7) is 0.694. The zero-order valence-electron chi connectivity index (χ0n) is 13.2. The van der Waals surface area contributed by atoms with Gasteiger partial charge in [-0.3, -0.25) is 0 Å². The maximum absolute atomic E-state index is 5.36. The number of ether oxygens (including phenoxy) is 1. The highest BCUT2D eigenvalue weighted by Crippen LogP contribution is 2.32. The fraction of sp³-hybridized carbons (Fsp3) is 0.400. The van der Waals surface area contributed by atoms with E-state index in [9.17, 15) is 0 Å². The molecular weight excluding hydrogens is 284 g/mol. The van der Waals surface area contributed by atoms with Crippen molar-refractivity contribution in [3.8, 4) is 5.88 Å². The van der Waals surface area contributed by atoms with Crippen LogP contribution >= 0.6 is 11.3 Å². The second kappa shape index (κ2) is 6.67. The molecule has 0 saturated carbocycles. The summed E-state index contributed by atoms with van der Waals surface area (Å²) in [4.78, 5) is 9.65. The monoisotopic (exact) mass is 306 g/mol. The van der Waals surface area contributed by atoms with Crippen LogP contribution in [0.1, 0.15) is 4.88 Å². The van der Waals surface area contributed by atoms with Crippen LogP contribution in [0.2, 0.25) is 0 Å². The van der Waals surface area contributed by atoms with Gasteiger partial charge in [0.25, 0.3) is 0 Å². The predicted octanol–water partition coefficient (Wildman–Crippen LogP) is 2.90. The van der Waals surface area contributed by atoms with Gasteiger partial charge in [-0.15, -0.1) is 0 Å². The smallest absolute Gasteiger partial charge is 0.231 e. The zero-order chi connectivity index (χ0) is 15.4. The Bertz CT molecular complexity index is 595. The molecule has 0 spiro atoms. The molecule has 1 aromatic heterocycles. The lowest BCUT2D eigenvalue weighted by Crippen LogP contribution is -2.12. The molecule has 114 valence electrons. The topological polar surface area (TPSA) is 40.6 Å². The number of hydrogen-bond acceptors (Lipinski definition) is 6. The molecule has 0 saturated heterocycles. The van der Waals surface area contributed by atoms with E-state index >= 15 is 0 Å². The summed E-state index contributed by atoms with van der Waals surface area (Å²) >= 11 is 1.64. The normalized spacial score (nSPS) is 10.3. The number of hydrogen-bond donors (Lipinski definition) is 1. The third-order valence-electron chi connectivity index (χ3n) is 3.05. The summed E-state index contributed by atoms with van der Waals surface area (Å²) in [7, 11) is 9.70. The lowest BCUT2D eigenvalue weighted by Gasteiger charge is -2.18. The summed E-state index contributed by atoms with van der Waals surface area (Å²) in [5, 5.41) is 4.42. The van der Waals surface area contributed by atoms with E-state index in [1.165, 1.54) is 0 Å². The Morgan fingerprint density at radius 1 is 1.14 bits per heavy atom. The SMILES string of the molecule is COc1nc(N(C)C)sc1CNc1ccccc1N(C)C. The van der Waals surface area contributed by atoms with E-state index < -0.39 is 0 Å². The molecule has 21 heavy (non-hydrogen) atoms. The lowest BCUT2D eigenvalue weighted by atomic mass is 10.2. The molecule has 1 aromatic carbocycles. The average molecular weight is 306 g/mol. The highest BCUT2D eigenvalue weighted by molar-refractivity contribution is 7.15. The largest absolute Gasteiger partial charge is 0.480 e. The molecule has 1 N–H and O–H groups in total. The van der Waals surface area contributed by atoms with Crippen LogP contribution in [0.3, 0.4) is 0 Å². The fourth-order valence-corrected chi connectivity index (χ4v) is 2.87. The molecule has 0 amide bonds. The standard InChI is InChI=1S/C15H22N4OS/c1-18(2)12-9-7-6-8-11(12)16-10-13-14(20-5)17-15(21-13)19(3)4/h6-9,16H,10H2,1-5H3. The molecule has 0 bridgehead atoms. The molecule has 2 aromatic rings. The lowest BCUT2D eigenvalue weighted by molar-refractivity contribution is 0.397. The van der Waals surface area contributed by atoms with E-state index in [1.807, 2.05) is 45.2 Å². The van der Waals surface area contributed by atoms with Crippen LogP contribution in [-0.4, -0.2) is 40.3 Å². The third kappa shape index (κ3) is 3.58. The molecule has 0 aliphatic heterocycles. The maximum Gasteiger partial charge on any atom is 0.231 e. The van der Waals surface area contributed by atoms with Crippen LogP contribution in [-0.2, 0) is 6.54 Å². The van der Waals surface area contributed by atoms with Crippen molar-refractivity contribution in [1.29, 1.82) is 0 Å². The van der Waals surface area contributed by atoms with E-state index in [0.29, 0.717) is 12.4 Å². The van der Waals surface area contributed by atoms with Gasteiger partial charge < -0.3 is 19.9 Å². The second-order valence-corrected chi connectivity index (χ2v) is 6.15. The van der Waals surface area contributed by atoms with E-state index in [1.54, 1.807) is 18.4 Å². The van der Waals surface area contributed by atoms with Gasteiger partial charge in [0.1, 0.15) is 0 Å². The van der Waals surface area contributed by atoms with Gasteiger partial charge in [-0.25, -0.2) is 0 Å². The second-order valence-electron chi connectivity index (χ2n) is 5.09. The highest BCUT2D eigenvalue weighted by atomic mass is 32.1. The number of aromatic nitrogens is 1. The van der Waals surface area contributed by atoms with E-state index in [-0.39, 0.29) is 0 Å². The Morgan fingerprint density at radius 2 is 1.86 bits per heavy atom. The minimum absolute atomic E-state index is 0.693. The number of methoxy groups -OCH3 is 1. The van der Waals surface area contributed by atoms with Crippen LogP contribution in [0.4, 0.5) is 16.5 Å².